The summed E-state index contributed by atoms with van der Waals surface area (Å²) in [5, 5.41) is 14.3. The number of carbonyl (C=O) groups excluding carboxylic acids is 1. The first-order valence-electron chi connectivity index (χ1n) is 7.06. The predicted molar refractivity (Wildman–Crippen MR) is 77.4 cm³/mol. The molecule has 2 heterocycles. The summed E-state index contributed by atoms with van der Waals surface area (Å²) in [5.41, 5.74) is -2.63. The Bertz CT molecular complexity index is 497. The van der Waals surface area contributed by atoms with E-state index in [2.05, 4.69) is 5.32 Å². The van der Waals surface area contributed by atoms with Crippen LogP contribution in [0.15, 0.2) is 17.5 Å². The van der Waals surface area contributed by atoms with Gasteiger partial charge in [-0.25, -0.2) is 0 Å². The van der Waals surface area contributed by atoms with Crippen LogP contribution in [-0.4, -0.2) is 46.8 Å². The molecule has 1 atom stereocenters. The lowest BCUT2D eigenvalue weighted by Crippen LogP contribution is -2.56. The van der Waals surface area contributed by atoms with Crippen molar-refractivity contribution in [2.45, 2.75) is 44.1 Å². The summed E-state index contributed by atoms with van der Waals surface area (Å²) in [7, 11) is 0. The number of carbonyl (C=O) groups is 1. The minimum Gasteiger partial charge on any atom is -0.380 e. The van der Waals surface area contributed by atoms with Gasteiger partial charge < -0.3 is 10.4 Å². The molecule has 2 N–H and O–H groups in total. The Labute approximate surface area is 130 Å². The van der Waals surface area contributed by atoms with Crippen molar-refractivity contribution < 1.29 is 23.1 Å². The lowest BCUT2D eigenvalue weighted by atomic mass is 9.90. The molecule has 0 aromatic carbocycles. The molecule has 8 heteroatoms. The average Bonchev–Trinajstić information content (AvgIpc) is 2.97. The van der Waals surface area contributed by atoms with Crippen LogP contribution in [0.3, 0.4) is 0 Å². The van der Waals surface area contributed by atoms with E-state index in [1.54, 1.807) is 11.8 Å². The van der Waals surface area contributed by atoms with Crippen molar-refractivity contribution in [3.8, 4) is 0 Å². The molecule has 0 radical (unpaired) electrons. The number of hydrogen-bond donors (Lipinski definition) is 2. The molecule has 1 aromatic rings. The number of hydrogen-bond acceptors (Lipinski definition) is 4. The molecule has 22 heavy (non-hydrogen) atoms. The van der Waals surface area contributed by atoms with Crippen LogP contribution in [0.2, 0.25) is 0 Å². The fourth-order valence-electron chi connectivity index (χ4n) is 2.47. The van der Waals surface area contributed by atoms with Gasteiger partial charge in [0.25, 0.3) is 0 Å². The molecule has 1 fully saturated rings. The highest BCUT2D eigenvalue weighted by Gasteiger charge is 2.54. The van der Waals surface area contributed by atoms with Crippen molar-refractivity contribution in [1.82, 2.24) is 10.2 Å². The molecule has 0 spiro atoms. The van der Waals surface area contributed by atoms with Crippen LogP contribution in [0.4, 0.5) is 13.2 Å². The zero-order valence-electron chi connectivity index (χ0n) is 12.2. The number of thiophene rings is 1. The predicted octanol–water partition coefficient (Wildman–Crippen LogP) is 2.14. The van der Waals surface area contributed by atoms with E-state index in [4.69, 9.17) is 0 Å². The van der Waals surface area contributed by atoms with E-state index in [9.17, 15) is 23.1 Å². The first-order chi connectivity index (χ1) is 10.2. The van der Waals surface area contributed by atoms with Crippen LogP contribution < -0.4 is 5.32 Å². The van der Waals surface area contributed by atoms with Gasteiger partial charge in [-0.3, -0.25) is 9.69 Å². The molecule has 124 valence electrons. The number of rotatable bonds is 4. The van der Waals surface area contributed by atoms with E-state index < -0.39 is 30.7 Å². The number of amides is 1. The van der Waals surface area contributed by atoms with E-state index in [1.807, 2.05) is 17.5 Å². The highest BCUT2D eigenvalue weighted by molar-refractivity contribution is 7.09. The summed E-state index contributed by atoms with van der Waals surface area (Å²) in [5.74, 6) is -0.217. The van der Waals surface area contributed by atoms with E-state index in [1.165, 1.54) is 11.3 Å². The molecule has 0 saturated carbocycles. The molecule has 4 nitrogen and oxygen atoms in total. The molecule has 1 aliphatic rings. The smallest absolute Gasteiger partial charge is 0.380 e. The fraction of sp³-hybridized carbons (Fsp3) is 0.643. The molecule has 0 bridgehead atoms. The molecule has 2 rings (SSSR count). The van der Waals surface area contributed by atoms with E-state index >= 15 is 0 Å². The molecule has 1 unspecified atom stereocenters. The molecular formula is C14H19F3N2O2S. The first kappa shape index (κ1) is 17.2. The number of alkyl halides is 3. The molecule has 1 aromatic heterocycles. The van der Waals surface area contributed by atoms with E-state index in [0.717, 1.165) is 4.88 Å². The number of nitrogens with zero attached hydrogens (tertiary/aromatic N) is 1. The lowest BCUT2D eigenvalue weighted by Gasteiger charge is -2.40. The quantitative estimate of drug-likeness (QED) is 0.886. The van der Waals surface area contributed by atoms with Crippen LogP contribution in [-0.2, 0) is 11.3 Å². The second-order valence-corrected chi connectivity index (χ2v) is 6.57. The Morgan fingerprint density at radius 1 is 1.50 bits per heavy atom. The Kier molecular flexibility index (Phi) is 5.14. The Balaban J connectivity index is 1.84. The number of piperidine rings is 1. The van der Waals surface area contributed by atoms with Gasteiger partial charge in [0.2, 0.25) is 5.91 Å². The third-order valence-electron chi connectivity index (χ3n) is 4.10. The summed E-state index contributed by atoms with van der Waals surface area (Å²) in [4.78, 5) is 14.8. The highest BCUT2D eigenvalue weighted by atomic mass is 32.1. The van der Waals surface area contributed by atoms with Crippen molar-refractivity contribution in [2.24, 2.45) is 0 Å². The van der Waals surface area contributed by atoms with Gasteiger partial charge in [0.05, 0.1) is 12.6 Å². The van der Waals surface area contributed by atoms with E-state index in [-0.39, 0.29) is 19.0 Å². The zero-order chi connectivity index (χ0) is 16.4. The van der Waals surface area contributed by atoms with Crippen molar-refractivity contribution in [3.63, 3.8) is 0 Å². The maximum Gasteiger partial charge on any atom is 0.417 e. The average molecular weight is 336 g/mol. The van der Waals surface area contributed by atoms with Crippen LogP contribution in [0.1, 0.15) is 24.6 Å². The number of likely N-dealkylation sites (tertiary alicyclic amines) is 1. The summed E-state index contributed by atoms with van der Waals surface area (Å²) < 4.78 is 38.2. The van der Waals surface area contributed by atoms with E-state index in [0.29, 0.717) is 6.54 Å². The topological polar surface area (TPSA) is 52.6 Å². The van der Waals surface area contributed by atoms with Crippen LogP contribution in [0, 0.1) is 0 Å². The largest absolute Gasteiger partial charge is 0.417 e. The molecule has 1 aliphatic heterocycles. The summed E-state index contributed by atoms with van der Waals surface area (Å²) in [6.45, 7) is 2.18. The Hall–Kier alpha value is -1.12. The second kappa shape index (κ2) is 6.55. The monoisotopic (exact) mass is 336 g/mol. The maximum atomic E-state index is 12.7. The fourth-order valence-corrected chi connectivity index (χ4v) is 3.11. The third kappa shape index (κ3) is 3.80. The Morgan fingerprint density at radius 2 is 2.14 bits per heavy atom. The minimum atomic E-state index is -4.62. The van der Waals surface area contributed by atoms with Gasteiger partial charge in [-0.15, -0.1) is 11.3 Å². The van der Waals surface area contributed by atoms with Gasteiger partial charge in [0, 0.05) is 18.0 Å². The van der Waals surface area contributed by atoms with Gasteiger partial charge in [-0.2, -0.15) is 13.2 Å². The van der Waals surface area contributed by atoms with Crippen LogP contribution in [0.5, 0.6) is 0 Å². The van der Waals surface area contributed by atoms with Gasteiger partial charge in [-0.1, -0.05) is 6.07 Å². The van der Waals surface area contributed by atoms with Crippen molar-refractivity contribution in [2.75, 3.05) is 13.1 Å². The van der Waals surface area contributed by atoms with Gasteiger partial charge >= 0.3 is 6.18 Å². The maximum absolute atomic E-state index is 12.7. The number of nitrogens with one attached hydrogen (secondary N) is 1. The third-order valence-corrected chi connectivity index (χ3v) is 4.97. The molecule has 0 aliphatic carbocycles. The van der Waals surface area contributed by atoms with Crippen molar-refractivity contribution >= 4 is 17.2 Å². The summed E-state index contributed by atoms with van der Waals surface area (Å²) in [6.07, 6.45) is -5.43. The minimum absolute atomic E-state index is 0.0452. The normalized spacial score (nSPS) is 20.6. The molecule has 1 saturated heterocycles. The summed E-state index contributed by atoms with van der Waals surface area (Å²) >= 11 is 1.53. The van der Waals surface area contributed by atoms with Crippen LogP contribution >= 0.6 is 11.3 Å². The van der Waals surface area contributed by atoms with Gasteiger partial charge in [0.15, 0.2) is 5.60 Å². The SMILES string of the molecule is CC(C(=O)NCc1cccs1)N1CCC(O)(C(F)(F)F)CC1. The van der Waals surface area contributed by atoms with Crippen molar-refractivity contribution in [3.05, 3.63) is 22.4 Å². The second-order valence-electron chi connectivity index (χ2n) is 5.54. The standard InChI is InChI=1S/C14H19F3N2O2S/c1-10(12(20)18-9-11-3-2-8-22-11)19-6-4-13(21,5-7-19)14(15,16)17/h2-3,8,10,21H,4-7,9H2,1H3,(H,18,20). The van der Waals surface area contributed by atoms with Crippen molar-refractivity contribution in [1.29, 1.82) is 0 Å². The lowest BCUT2D eigenvalue weighted by molar-refractivity contribution is -0.273. The molecule has 1 amide bonds. The van der Waals surface area contributed by atoms with Crippen LogP contribution in [0.25, 0.3) is 0 Å². The molecular weight excluding hydrogens is 317 g/mol. The first-order valence-corrected chi connectivity index (χ1v) is 7.94. The van der Waals surface area contributed by atoms with Gasteiger partial charge in [-0.05, 0) is 31.2 Å². The van der Waals surface area contributed by atoms with Gasteiger partial charge in [0.1, 0.15) is 0 Å². The number of halogens is 3. The zero-order valence-corrected chi connectivity index (χ0v) is 13.0. The highest BCUT2D eigenvalue weighted by Crippen LogP contribution is 2.38. The number of aliphatic hydroxyl groups is 1. The summed E-state index contributed by atoms with van der Waals surface area (Å²) in [6, 6.07) is 3.27. The Morgan fingerprint density at radius 3 is 2.64 bits per heavy atom.